The fraction of sp³-hybridized carbons (Fsp3) is 0.0526. The topological polar surface area (TPSA) is 157 Å². The van der Waals surface area contributed by atoms with E-state index in [0.29, 0.717) is 22.0 Å². The van der Waals surface area contributed by atoms with Crippen molar-refractivity contribution in [2.45, 2.75) is 10.6 Å². The minimum atomic E-state index is -0.576. The van der Waals surface area contributed by atoms with Crippen LogP contribution in [0.15, 0.2) is 63.2 Å². The van der Waals surface area contributed by atoms with Crippen LogP contribution in [0.3, 0.4) is 0 Å². The van der Waals surface area contributed by atoms with E-state index in [1.165, 1.54) is 34.8 Å². The van der Waals surface area contributed by atoms with Crippen molar-refractivity contribution in [2.24, 2.45) is 5.10 Å². The number of carbonyl (C=O) groups is 1. The van der Waals surface area contributed by atoms with Gasteiger partial charge in [0.15, 0.2) is 5.69 Å². The van der Waals surface area contributed by atoms with Crippen molar-refractivity contribution in [3.05, 3.63) is 70.5 Å². The third-order valence-electron chi connectivity index (χ3n) is 4.14. The average Bonchev–Trinajstić information content (AvgIpc) is 3.40. The van der Waals surface area contributed by atoms with Gasteiger partial charge in [0.2, 0.25) is 11.6 Å². The van der Waals surface area contributed by atoms with Crippen LogP contribution in [-0.2, 0) is 5.75 Å². The van der Waals surface area contributed by atoms with Crippen molar-refractivity contribution in [3.63, 3.8) is 0 Å². The van der Waals surface area contributed by atoms with Crippen LogP contribution >= 0.6 is 23.4 Å². The van der Waals surface area contributed by atoms with Crippen LogP contribution in [0.2, 0.25) is 5.02 Å². The smallest absolute Gasteiger partial charge is 0.293 e. The number of thioether (sulfide) groups is 1. The minimum Gasteiger partial charge on any atom is -0.508 e. The van der Waals surface area contributed by atoms with Gasteiger partial charge in [-0.05, 0) is 64.4 Å². The summed E-state index contributed by atoms with van der Waals surface area (Å²) in [6.45, 7) is 0. The van der Waals surface area contributed by atoms with Crippen molar-refractivity contribution < 1.29 is 14.5 Å². The molecule has 32 heavy (non-hydrogen) atoms. The Bertz CT molecular complexity index is 1250. The summed E-state index contributed by atoms with van der Waals surface area (Å²) in [7, 11) is 0. The van der Waals surface area contributed by atoms with Crippen LogP contribution in [0.4, 0.5) is 5.82 Å². The first kappa shape index (κ1) is 21.3. The standard InChI is InChI=1S/C19H15ClN8O3S/c20-12-3-7-14(8-4-12)32-10-15-16(23-27-28(15)18-17(21)25-31-26-18)19(30)24-22-9-11-1-5-13(29)6-2-11/h1-9,29H,10H2,(H2,21,25)(H,24,30)/b22-9-. The van der Waals surface area contributed by atoms with E-state index in [4.69, 9.17) is 17.3 Å². The molecule has 13 heteroatoms. The lowest BCUT2D eigenvalue weighted by Gasteiger charge is -2.06. The number of aromatic nitrogens is 5. The van der Waals surface area contributed by atoms with Crippen LogP contribution in [0.25, 0.3) is 5.82 Å². The fourth-order valence-corrected chi connectivity index (χ4v) is 3.59. The summed E-state index contributed by atoms with van der Waals surface area (Å²) in [5, 5.41) is 29.1. The number of phenolic OH excluding ortho intramolecular Hbond substituents is 1. The molecule has 0 fully saturated rings. The van der Waals surface area contributed by atoms with Gasteiger partial charge in [0.05, 0.1) is 11.9 Å². The van der Waals surface area contributed by atoms with Crippen molar-refractivity contribution in [1.82, 2.24) is 30.7 Å². The van der Waals surface area contributed by atoms with Gasteiger partial charge < -0.3 is 10.8 Å². The lowest BCUT2D eigenvalue weighted by atomic mass is 10.2. The minimum absolute atomic E-state index is 0.00459. The predicted octanol–water partition coefficient (Wildman–Crippen LogP) is 2.65. The van der Waals surface area contributed by atoms with Gasteiger partial charge >= 0.3 is 0 Å². The molecular formula is C19H15ClN8O3S. The highest BCUT2D eigenvalue weighted by Gasteiger charge is 2.24. The van der Waals surface area contributed by atoms with Crippen LogP contribution in [0.5, 0.6) is 5.75 Å². The number of benzene rings is 2. The fourth-order valence-electron chi connectivity index (χ4n) is 2.58. The third kappa shape index (κ3) is 4.87. The zero-order valence-electron chi connectivity index (χ0n) is 16.2. The maximum atomic E-state index is 12.7. The quantitative estimate of drug-likeness (QED) is 0.210. The number of hydrogen-bond donors (Lipinski definition) is 3. The van der Waals surface area contributed by atoms with Crippen molar-refractivity contribution >= 4 is 41.3 Å². The first-order valence-corrected chi connectivity index (χ1v) is 10.4. The van der Waals surface area contributed by atoms with Crippen LogP contribution < -0.4 is 11.2 Å². The molecule has 4 aromatic rings. The second kappa shape index (κ2) is 9.49. The lowest BCUT2D eigenvalue weighted by Crippen LogP contribution is -2.20. The highest BCUT2D eigenvalue weighted by Crippen LogP contribution is 2.27. The molecule has 0 unspecified atom stereocenters. The molecule has 162 valence electrons. The van der Waals surface area contributed by atoms with Gasteiger partial charge in [0.1, 0.15) is 5.75 Å². The maximum absolute atomic E-state index is 12.7. The summed E-state index contributed by atoms with van der Waals surface area (Å²) in [5.74, 6) is -0.00759. The molecule has 0 bridgehead atoms. The maximum Gasteiger partial charge on any atom is 0.293 e. The van der Waals surface area contributed by atoms with Gasteiger partial charge in [-0.2, -0.15) is 9.78 Å². The molecule has 11 nitrogen and oxygen atoms in total. The summed E-state index contributed by atoms with van der Waals surface area (Å²) >= 11 is 7.37. The number of hydrogen-bond acceptors (Lipinski definition) is 10. The molecule has 1 amide bonds. The number of nitrogens with two attached hydrogens (primary N) is 1. The molecule has 2 aromatic carbocycles. The number of anilines is 1. The van der Waals surface area contributed by atoms with E-state index in [0.717, 1.165) is 4.90 Å². The Hall–Kier alpha value is -3.90. The number of aromatic hydroxyl groups is 1. The second-order valence-electron chi connectivity index (χ2n) is 6.30. The van der Waals surface area contributed by atoms with Gasteiger partial charge in [0, 0.05) is 15.7 Å². The Morgan fingerprint density at radius 3 is 2.66 bits per heavy atom. The monoisotopic (exact) mass is 470 g/mol. The first-order valence-electron chi connectivity index (χ1n) is 9.05. The zero-order chi connectivity index (χ0) is 22.5. The van der Waals surface area contributed by atoms with E-state index in [9.17, 15) is 9.90 Å². The molecular weight excluding hydrogens is 456 g/mol. The van der Waals surface area contributed by atoms with Crippen LogP contribution in [0.1, 0.15) is 21.7 Å². The molecule has 4 rings (SSSR count). The van der Waals surface area contributed by atoms with E-state index in [1.54, 1.807) is 24.3 Å². The summed E-state index contributed by atoms with van der Waals surface area (Å²) in [4.78, 5) is 13.7. The number of phenols is 1. The molecule has 0 spiro atoms. The van der Waals surface area contributed by atoms with Crippen LogP contribution in [0, 0.1) is 0 Å². The van der Waals surface area contributed by atoms with E-state index < -0.39 is 5.91 Å². The van der Waals surface area contributed by atoms with E-state index >= 15 is 0 Å². The second-order valence-corrected chi connectivity index (χ2v) is 7.79. The molecule has 0 aliphatic carbocycles. The summed E-state index contributed by atoms with van der Waals surface area (Å²) in [5.41, 5.74) is 9.35. The van der Waals surface area contributed by atoms with E-state index in [1.807, 2.05) is 12.1 Å². The molecule has 0 saturated carbocycles. The first-order chi connectivity index (χ1) is 15.5. The molecule has 0 aliphatic heterocycles. The van der Waals surface area contributed by atoms with Gasteiger partial charge in [-0.3, -0.25) is 4.79 Å². The molecule has 2 aromatic heterocycles. The normalized spacial score (nSPS) is 11.2. The summed E-state index contributed by atoms with van der Waals surface area (Å²) in [6.07, 6.45) is 1.43. The Morgan fingerprint density at radius 1 is 1.22 bits per heavy atom. The molecule has 2 heterocycles. The van der Waals surface area contributed by atoms with Gasteiger partial charge in [0.25, 0.3) is 5.91 Å². The highest BCUT2D eigenvalue weighted by atomic mass is 35.5. The van der Waals surface area contributed by atoms with Gasteiger partial charge in [-0.25, -0.2) is 10.1 Å². The molecule has 0 radical (unpaired) electrons. The SMILES string of the molecule is Nc1nonc1-n1nnc(C(=O)N/N=C\c2ccc(O)cc2)c1CSc1ccc(Cl)cc1. The molecule has 4 N–H and O–H groups in total. The van der Waals surface area contributed by atoms with Crippen molar-refractivity contribution in [1.29, 1.82) is 0 Å². The summed E-state index contributed by atoms with van der Waals surface area (Å²) < 4.78 is 5.94. The molecule has 0 atom stereocenters. The highest BCUT2D eigenvalue weighted by molar-refractivity contribution is 7.98. The number of nitrogens with zero attached hydrogens (tertiary/aromatic N) is 6. The number of rotatable bonds is 7. The van der Waals surface area contributed by atoms with Gasteiger partial charge in [-0.1, -0.05) is 16.8 Å². The summed E-state index contributed by atoms with van der Waals surface area (Å²) in [6, 6.07) is 13.6. The van der Waals surface area contributed by atoms with Gasteiger partial charge in [-0.15, -0.1) is 16.9 Å². The number of carbonyl (C=O) groups excluding carboxylic acids is 1. The molecule has 0 aliphatic rings. The van der Waals surface area contributed by atoms with Crippen molar-refractivity contribution in [3.8, 4) is 11.6 Å². The van der Waals surface area contributed by atoms with Crippen molar-refractivity contribution in [2.75, 3.05) is 5.73 Å². The Balaban J connectivity index is 1.56. The van der Waals surface area contributed by atoms with E-state index in [2.05, 4.69) is 35.8 Å². The molecule has 0 saturated heterocycles. The average molecular weight is 471 g/mol. The largest absolute Gasteiger partial charge is 0.508 e. The third-order valence-corrected chi connectivity index (χ3v) is 5.41. The number of nitrogens with one attached hydrogen (secondary N) is 1. The Kier molecular flexibility index (Phi) is 6.33. The number of amides is 1. The number of halogens is 1. The number of nitrogen functional groups attached to an aromatic ring is 1. The van der Waals surface area contributed by atoms with E-state index in [-0.39, 0.29) is 23.1 Å². The Labute approximate surface area is 190 Å². The zero-order valence-corrected chi connectivity index (χ0v) is 17.8. The number of hydrazone groups is 1. The predicted molar refractivity (Wildman–Crippen MR) is 118 cm³/mol. The Morgan fingerprint density at radius 2 is 1.97 bits per heavy atom. The van der Waals surface area contributed by atoms with Crippen LogP contribution in [-0.4, -0.2) is 42.5 Å². The lowest BCUT2D eigenvalue weighted by molar-refractivity contribution is 0.0949.